The highest BCUT2D eigenvalue weighted by molar-refractivity contribution is 5.60. The lowest BCUT2D eigenvalue weighted by Gasteiger charge is -2.58. The average Bonchev–Trinajstić information content (AvgIpc) is 3.34. The number of rotatable bonds is 4. The van der Waals surface area contributed by atoms with E-state index in [1.54, 1.807) is 0 Å². The molecule has 27 heavy (non-hydrogen) atoms. The molecule has 2 spiro atoms. The second kappa shape index (κ2) is 7.32. The lowest BCUT2D eigenvalue weighted by atomic mass is 9.57. The van der Waals surface area contributed by atoms with E-state index >= 15 is 0 Å². The van der Waals surface area contributed by atoms with Gasteiger partial charge in [-0.1, -0.05) is 30.3 Å². The van der Waals surface area contributed by atoms with Crippen molar-refractivity contribution >= 4 is 6.08 Å². The summed E-state index contributed by atoms with van der Waals surface area (Å²) in [7, 11) is 0. The van der Waals surface area contributed by atoms with Crippen LogP contribution in [0, 0.1) is 6.92 Å². The smallest absolute Gasteiger partial charge is 0.129 e. The van der Waals surface area contributed by atoms with Gasteiger partial charge in [0.15, 0.2) is 0 Å². The molecule has 3 fully saturated rings. The van der Waals surface area contributed by atoms with E-state index < -0.39 is 16.8 Å². The molecule has 0 unspecified atom stereocenters. The Morgan fingerprint density at radius 3 is 2.52 bits per heavy atom. The third-order valence-electron chi connectivity index (χ3n) is 7.07. The quantitative estimate of drug-likeness (QED) is 0.845. The molecule has 1 aromatic rings. The molecule has 0 radical (unpaired) electrons. The third kappa shape index (κ3) is 2.89. The zero-order valence-electron chi connectivity index (χ0n) is 16.4. The lowest BCUT2D eigenvalue weighted by molar-refractivity contribution is -0.257. The normalized spacial score (nSPS) is 37.7. The van der Waals surface area contributed by atoms with Gasteiger partial charge in [-0.15, -0.1) is 0 Å². The van der Waals surface area contributed by atoms with E-state index in [1.165, 1.54) is 5.56 Å². The van der Waals surface area contributed by atoms with Crippen molar-refractivity contribution in [2.45, 2.75) is 75.1 Å². The molecule has 3 atom stereocenters. The van der Waals surface area contributed by atoms with Crippen molar-refractivity contribution in [1.29, 1.82) is 0 Å². The summed E-state index contributed by atoms with van der Waals surface area (Å²) in [4.78, 5) is 0. The molecule has 0 bridgehead atoms. The van der Waals surface area contributed by atoms with Gasteiger partial charge in [0.25, 0.3) is 0 Å². The predicted molar refractivity (Wildman–Crippen MR) is 105 cm³/mol. The summed E-state index contributed by atoms with van der Waals surface area (Å²) in [6.07, 6.45) is 8.68. The van der Waals surface area contributed by atoms with Gasteiger partial charge in [-0.25, -0.2) is 0 Å². The molecule has 148 valence electrons. The second-order valence-electron chi connectivity index (χ2n) is 8.44. The van der Waals surface area contributed by atoms with Crippen LogP contribution in [0.15, 0.2) is 29.8 Å². The van der Waals surface area contributed by atoms with Crippen molar-refractivity contribution < 1.29 is 19.7 Å². The van der Waals surface area contributed by atoms with E-state index in [1.807, 2.05) is 12.1 Å². The van der Waals surface area contributed by atoms with Crippen LogP contribution in [0.4, 0.5) is 0 Å². The van der Waals surface area contributed by atoms with Crippen LogP contribution in [-0.4, -0.2) is 46.8 Å². The number of fused-ring (bicyclic) bond motifs is 1. The van der Waals surface area contributed by atoms with Crippen LogP contribution in [0.3, 0.4) is 0 Å². The Hall–Kier alpha value is -1.20. The van der Waals surface area contributed by atoms with Gasteiger partial charge in [0.05, 0.1) is 0 Å². The minimum absolute atomic E-state index is 0.0733. The van der Waals surface area contributed by atoms with Crippen molar-refractivity contribution in [3.05, 3.63) is 41.0 Å². The Morgan fingerprint density at radius 1 is 1.07 bits per heavy atom. The number of aliphatic hydroxyl groups is 2. The summed E-state index contributed by atoms with van der Waals surface area (Å²) in [5.74, 6) is 0. The van der Waals surface area contributed by atoms with E-state index in [9.17, 15) is 10.2 Å². The number of hydrogen-bond donors (Lipinski definition) is 2. The van der Waals surface area contributed by atoms with Crippen molar-refractivity contribution in [3.63, 3.8) is 0 Å². The topological polar surface area (TPSA) is 58.9 Å². The highest BCUT2D eigenvalue weighted by Gasteiger charge is 2.69. The van der Waals surface area contributed by atoms with E-state index in [4.69, 9.17) is 9.47 Å². The first-order chi connectivity index (χ1) is 13.1. The molecule has 2 heterocycles. The van der Waals surface area contributed by atoms with Gasteiger partial charge >= 0.3 is 0 Å². The van der Waals surface area contributed by atoms with Crippen LogP contribution in [0.2, 0.25) is 0 Å². The van der Waals surface area contributed by atoms with Gasteiger partial charge in [-0.05, 0) is 75.0 Å². The fourth-order valence-electron chi connectivity index (χ4n) is 5.75. The maximum absolute atomic E-state index is 12.2. The minimum Gasteiger partial charge on any atom is -0.396 e. The Bertz CT molecular complexity index is 698. The summed E-state index contributed by atoms with van der Waals surface area (Å²) < 4.78 is 12.8. The Labute approximate surface area is 162 Å². The fourth-order valence-corrected chi connectivity index (χ4v) is 5.75. The summed E-state index contributed by atoms with van der Waals surface area (Å²) >= 11 is 0. The number of aryl methyl sites for hydroxylation is 1. The van der Waals surface area contributed by atoms with Gasteiger partial charge in [0, 0.05) is 19.8 Å². The van der Waals surface area contributed by atoms with Crippen molar-refractivity contribution in [1.82, 2.24) is 0 Å². The van der Waals surface area contributed by atoms with Crippen LogP contribution in [0.5, 0.6) is 0 Å². The Balaban J connectivity index is 1.82. The van der Waals surface area contributed by atoms with E-state index in [0.717, 1.165) is 56.3 Å². The van der Waals surface area contributed by atoms with Gasteiger partial charge in [0.1, 0.15) is 16.8 Å². The number of ether oxygens (including phenoxy) is 2. The summed E-state index contributed by atoms with van der Waals surface area (Å²) in [6.45, 7) is 3.59. The lowest BCUT2D eigenvalue weighted by Crippen LogP contribution is -2.70. The van der Waals surface area contributed by atoms with Gasteiger partial charge in [-0.3, -0.25) is 0 Å². The molecule has 4 heteroatoms. The zero-order chi connectivity index (χ0) is 19.0. The standard InChI is InChI=1S/C23H32O4/c1-18-7-2-3-8-19(18)17-20-9-13-21(10-5-15-26-21)23(12-6-16-27-23)22(20,25)11-4-14-24/h2-3,7-8,17,24-25H,4-6,9-16H2,1H3/b20-17+/t21-,22+,23-/m0/s1. The van der Waals surface area contributed by atoms with Crippen LogP contribution in [0.1, 0.15) is 62.5 Å². The molecule has 4 rings (SSSR count). The van der Waals surface area contributed by atoms with Gasteiger partial charge in [-0.2, -0.15) is 0 Å². The first kappa shape index (κ1) is 19.1. The molecule has 4 nitrogen and oxygen atoms in total. The van der Waals surface area contributed by atoms with Crippen LogP contribution < -0.4 is 0 Å². The predicted octanol–water partition coefficient (Wildman–Crippen LogP) is 3.77. The molecule has 3 aliphatic rings. The highest BCUT2D eigenvalue weighted by atomic mass is 16.6. The summed E-state index contributed by atoms with van der Waals surface area (Å²) in [5, 5.41) is 21.7. The van der Waals surface area contributed by atoms with Crippen molar-refractivity contribution in [3.8, 4) is 0 Å². The Morgan fingerprint density at radius 2 is 1.85 bits per heavy atom. The number of hydrogen-bond acceptors (Lipinski definition) is 4. The zero-order valence-corrected chi connectivity index (χ0v) is 16.4. The molecular formula is C23H32O4. The first-order valence-electron chi connectivity index (χ1n) is 10.4. The molecule has 1 aliphatic carbocycles. The fraction of sp³-hybridized carbons (Fsp3) is 0.652. The van der Waals surface area contributed by atoms with Crippen molar-refractivity contribution in [2.24, 2.45) is 0 Å². The maximum Gasteiger partial charge on any atom is 0.129 e. The van der Waals surface area contributed by atoms with Gasteiger partial charge in [0.2, 0.25) is 0 Å². The van der Waals surface area contributed by atoms with E-state index in [0.29, 0.717) is 19.4 Å². The molecule has 2 aliphatic heterocycles. The molecule has 1 aromatic carbocycles. The number of aliphatic hydroxyl groups excluding tert-OH is 1. The average molecular weight is 373 g/mol. The number of benzene rings is 1. The summed E-state index contributed by atoms with van der Waals surface area (Å²) in [5.41, 5.74) is 1.19. The van der Waals surface area contributed by atoms with Crippen LogP contribution in [-0.2, 0) is 9.47 Å². The Kier molecular flexibility index (Phi) is 5.19. The van der Waals surface area contributed by atoms with Crippen LogP contribution >= 0.6 is 0 Å². The minimum atomic E-state index is -1.10. The maximum atomic E-state index is 12.2. The van der Waals surface area contributed by atoms with E-state index in [-0.39, 0.29) is 6.61 Å². The molecule has 2 N–H and O–H groups in total. The third-order valence-corrected chi connectivity index (χ3v) is 7.07. The molecule has 2 saturated heterocycles. The summed E-state index contributed by atoms with van der Waals surface area (Å²) in [6, 6.07) is 8.29. The monoisotopic (exact) mass is 372 g/mol. The first-order valence-corrected chi connectivity index (χ1v) is 10.4. The molecular weight excluding hydrogens is 340 g/mol. The van der Waals surface area contributed by atoms with E-state index in [2.05, 4.69) is 25.1 Å². The highest BCUT2D eigenvalue weighted by Crippen LogP contribution is 2.60. The molecule has 0 amide bonds. The largest absolute Gasteiger partial charge is 0.396 e. The second-order valence-corrected chi connectivity index (χ2v) is 8.44. The van der Waals surface area contributed by atoms with Gasteiger partial charge < -0.3 is 19.7 Å². The van der Waals surface area contributed by atoms with Crippen LogP contribution in [0.25, 0.3) is 6.08 Å². The molecule has 1 saturated carbocycles. The molecule has 0 aromatic heterocycles. The SMILES string of the molecule is Cc1ccccc1/C=C1\CC[C@@]2(CCCO2)[C@@]2(CCCO2)[C@@]1(O)CCCO. The van der Waals surface area contributed by atoms with Crippen molar-refractivity contribution in [2.75, 3.05) is 19.8 Å².